The molecule has 1 fully saturated rings. The first-order chi connectivity index (χ1) is 12.9. The number of rotatable bonds is 3. The highest BCUT2D eigenvalue weighted by molar-refractivity contribution is 5.94. The quantitative estimate of drug-likeness (QED) is 0.706. The van der Waals surface area contributed by atoms with E-state index in [4.69, 9.17) is 9.47 Å². The normalized spacial score (nSPS) is 15.9. The van der Waals surface area contributed by atoms with Crippen molar-refractivity contribution in [3.63, 3.8) is 0 Å². The molecule has 0 aliphatic carbocycles. The number of carbonyl (C=O) groups excluding carboxylic acids is 2. The molecule has 1 aromatic carbocycles. The SMILES string of the molecule is COC(=O)c1c(OC2CCN(C(=O)OC(C)(C)C)CC2)cccc1C(F)(F)F. The molecule has 0 atom stereocenters. The molecule has 6 nitrogen and oxygen atoms in total. The van der Waals surface area contributed by atoms with E-state index in [1.807, 2.05) is 0 Å². The standard InChI is InChI=1S/C19H24F3NO5/c1-18(2,3)28-17(25)23-10-8-12(9-11-23)27-14-7-5-6-13(19(20,21)22)15(14)16(24)26-4/h5-7,12H,8-11H2,1-4H3. The van der Waals surface area contributed by atoms with Gasteiger partial charge in [0.1, 0.15) is 23.0 Å². The Balaban J connectivity index is 2.11. The molecule has 0 unspecified atom stereocenters. The molecule has 0 saturated carbocycles. The van der Waals surface area contributed by atoms with Crippen LogP contribution in [0.2, 0.25) is 0 Å². The first-order valence-corrected chi connectivity index (χ1v) is 8.85. The van der Waals surface area contributed by atoms with Gasteiger partial charge in [0.25, 0.3) is 0 Å². The second-order valence-electron chi connectivity index (χ2n) is 7.45. The summed E-state index contributed by atoms with van der Waals surface area (Å²) < 4.78 is 55.3. The molecule has 0 spiro atoms. The molecule has 1 aliphatic rings. The summed E-state index contributed by atoms with van der Waals surface area (Å²) >= 11 is 0. The van der Waals surface area contributed by atoms with Crippen LogP contribution in [0.25, 0.3) is 0 Å². The molecular weight excluding hydrogens is 379 g/mol. The van der Waals surface area contributed by atoms with E-state index in [1.54, 1.807) is 20.8 Å². The van der Waals surface area contributed by atoms with Crippen molar-refractivity contribution >= 4 is 12.1 Å². The number of esters is 1. The molecule has 1 saturated heterocycles. The molecule has 0 aromatic heterocycles. The first-order valence-electron chi connectivity index (χ1n) is 8.85. The third-order valence-electron chi connectivity index (χ3n) is 4.11. The van der Waals surface area contributed by atoms with E-state index in [2.05, 4.69) is 4.74 Å². The Morgan fingerprint density at radius 1 is 1.11 bits per heavy atom. The molecule has 1 heterocycles. The van der Waals surface area contributed by atoms with E-state index in [9.17, 15) is 22.8 Å². The van der Waals surface area contributed by atoms with Gasteiger partial charge in [-0.05, 0) is 32.9 Å². The smallest absolute Gasteiger partial charge is 0.417 e. The first kappa shape index (κ1) is 21.8. The van der Waals surface area contributed by atoms with Gasteiger partial charge >= 0.3 is 18.2 Å². The summed E-state index contributed by atoms with van der Waals surface area (Å²) in [6.07, 6.45) is -4.80. The maximum atomic E-state index is 13.3. The molecular formula is C19H24F3NO5. The Morgan fingerprint density at radius 3 is 2.21 bits per heavy atom. The number of methoxy groups -OCH3 is 1. The van der Waals surface area contributed by atoms with Crippen molar-refractivity contribution < 1.29 is 37.0 Å². The van der Waals surface area contributed by atoms with Crippen molar-refractivity contribution in [3.8, 4) is 5.75 Å². The predicted octanol–water partition coefficient (Wildman–Crippen LogP) is 4.27. The lowest BCUT2D eigenvalue weighted by Gasteiger charge is -2.33. The van der Waals surface area contributed by atoms with Crippen LogP contribution in [-0.2, 0) is 15.7 Å². The Morgan fingerprint density at radius 2 is 1.71 bits per heavy atom. The summed E-state index contributed by atoms with van der Waals surface area (Å²) in [5.41, 5.74) is -2.37. The molecule has 28 heavy (non-hydrogen) atoms. The Labute approximate surface area is 161 Å². The van der Waals surface area contributed by atoms with Crippen LogP contribution in [0.4, 0.5) is 18.0 Å². The summed E-state index contributed by atoms with van der Waals surface area (Å²) in [6, 6.07) is 3.30. The third kappa shape index (κ3) is 5.53. The number of likely N-dealkylation sites (tertiary alicyclic amines) is 1. The van der Waals surface area contributed by atoms with Crippen LogP contribution in [0.5, 0.6) is 5.75 Å². The minimum Gasteiger partial charge on any atom is -0.489 e. The zero-order valence-electron chi connectivity index (χ0n) is 16.3. The second-order valence-corrected chi connectivity index (χ2v) is 7.45. The van der Waals surface area contributed by atoms with Gasteiger partial charge in [0.2, 0.25) is 0 Å². The monoisotopic (exact) mass is 403 g/mol. The molecule has 1 aliphatic heterocycles. The van der Waals surface area contributed by atoms with Crippen LogP contribution in [-0.4, -0.2) is 48.9 Å². The van der Waals surface area contributed by atoms with Gasteiger partial charge in [0.15, 0.2) is 0 Å². The number of carbonyl (C=O) groups is 2. The van der Waals surface area contributed by atoms with Crippen molar-refractivity contribution in [2.75, 3.05) is 20.2 Å². The Kier molecular flexibility index (Phi) is 6.46. The van der Waals surface area contributed by atoms with E-state index in [1.165, 1.54) is 17.0 Å². The van der Waals surface area contributed by atoms with Crippen molar-refractivity contribution in [3.05, 3.63) is 29.3 Å². The van der Waals surface area contributed by atoms with Crippen molar-refractivity contribution in [2.24, 2.45) is 0 Å². The second kappa shape index (κ2) is 8.28. The maximum absolute atomic E-state index is 13.3. The van der Waals surface area contributed by atoms with Crippen LogP contribution < -0.4 is 4.74 Å². The lowest BCUT2D eigenvalue weighted by molar-refractivity contribution is -0.138. The Hall–Kier alpha value is -2.45. The topological polar surface area (TPSA) is 65.1 Å². The van der Waals surface area contributed by atoms with Crippen LogP contribution >= 0.6 is 0 Å². The Bertz CT molecular complexity index is 719. The molecule has 0 N–H and O–H groups in total. The molecule has 1 amide bonds. The third-order valence-corrected chi connectivity index (χ3v) is 4.11. The lowest BCUT2D eigenvalue weighted by Crippen LogP contribution is -2.44. The van der Waals surface area contributed by atoms with Gasteiger partial charge in [-0.3, -0.25) is 0 Å². The highest BCUT2D eigenvalue weighted by Gasteiger charge is 2.38. The molecule has 2 rings (SSSR count). The molecule has 156 valence electrons. The number of hydrogen-bond donors (Lipinski definition) is 0. The number of nitrogens with zero attached hydrogens (tertiary/aromatic N) is 1. The molecule has 9 heteroatoms. The van der Waals surface area contributed by atoms with Gasteiger partial charge in [-0.2, -0.15) is 13.2 Å². The van der Waals surface area contributed by atoms with Gasteiger partial charge < -0.3 is 19.1 Å². The summed E-state index contributed by atoms with van der Waals surface area (Å²) in [4.78, 5) is 25.6. The van der Waals surface area contributed by atoms with Crippen LogP contribution in [0.3, 0.4) is 0 Å². The minimum absolute atomic E-state index is 0.183. The zero-order chi connectivity index (χ0) is 21.1. The zero-order valence-corrected chi connectivity index (χ0v) is 16.3. The number of halogens is 3. The van der Waals surface area contributed by atoms with Crippen molar-refractivity contribution in [1.82, 2.24) is 4.90 Å². The average Bonchev–Trinajstić information content (AvgIpc) is 2.59. The number of benzene rings is 1. The van der Waals surface area contributed by atoms with Crippen molar-refractivity contribution in [2.45, 2.75) is 51.5 Å². The highest BCUT2D eigenvalue weighted by Crippen LogP contribution is 2.37. The van der Waals surface area contributed by atoms with Gasteiger partial charge in [0, 0.05) is 25.9 Å². The summed E-state index contributed by atoms with van der Waals surface area (Å²) in [5.74, 6) is -1.30. The van der Waals surface area contributed by atoms with Gasteiger partial charge in [-0.25, -0.2) is 9.59 Å². The van der Waals surface area contributed by atoms with E-state index < -0.39 is 41.1 Å². The fourth-order valence-corrected chi connectivity index (χ4v) is 2.84. The maximum Gasteiger partial charge on any atom is 0.417 e. The predicted molar refractivity (Wildman–Crippen MR) is 94.2 cm³/mol. The summed E-state index contributed by atoms with van der Waals surface area (Å²) in [7, 11) is 1.01. The lowest BCUT2D eigenvalue weighted by atomic mass is 10.0. The molecule has 1 aromatic rings. The van der Waals surface area contributed by atoms with Crippen LogP contribution in [0.15, 0.2) is 18.2 Å². The van der Waals surface area contributed by atoms with E-state index >= 15 is 0 Å². The van der Waals surface area contributed by atoms with Gasteiger partial charge in [-0.15, -0.1) is 0 Å². The number of amides is 1. The number of alkyl halides is 3. The number of ether oxygens (including phenoxy) is 3. The van der Waals surface area contributed by atoms with E-state index in [0.29, 0.717) is 25.9 Å². The number of hydrogen-bond acceptors (Lipinski definition) is 5. The van der Waals surface area contributed by atoms with E-state index in [-0.39, 0.29) is 5.75 Å². The fraction of sp³-hybridized carbons (Fsp3) is 0.579. The largest absolute Gasteiger partial charge is 0.489 e. The van der Waals surface area contributed by atoms with Crippen LogP contribution in [0, 0.1) is 0 Å². The van der Waals surface area contributed by atoms with Gasteiger partial charge in [0.05, 0.1) is 12.7 Å². The highest BCUT2D eigenvalue weighted by atomic mass is 19.4. The fourth-order valence-electron chi connectivity index (χ4n) is 2.84. The number of piperidine rings is 1. The average molecular weight is 403 g/mol. The summed E-state index contributed by atoms with van der Waals surface area (Å²) in [5, 5.41) is 0. The van der Waals surface area contributed by atoms with E-state index in [0.717, 1.165) is 13.2 Å². The molecule has 0 bridgehead atoms. The van der Waals surface area contributed by atoms with Crippen LogP contribution in [0.1, 0.15) is 49.5 Å². The van der Waals surface area contributed by atoms with Crippen molar-refractivity contribution in [1.29, 1.82) is 0 Å². The minimum atomic E-state index is -4.72. The van der Waals surface area contributed by atoms with Gasteiger partial charge in [-0.1, -0.05) is 6.07 Å². The summed E-state index contributed by atoms with van der Waals surface area (Å²) in [6.45, 7) is 5.98. The molecule has 0 radical (unpaired) electrons.